The molecule has 0 aliphatic carbocycles. The van der Waals surface area contributed by atoms with Crippen LogP contribution in [0.25, 0.3) is 20.8 Å². The van der Waals surface area contributed by atoms with Gasteiger partial charge in [-0.3, -0.25) is 9.69 Å². The Morgan fingerprint density at radius 3 is 2.66 bits per heavy atom. The molecular weight excluding hydrogens is 402 g/mol. The van der Waals surface area contributed by atoms with E-state index < -0.39 is 0 Å². The van der Waals surface area contributed by atoms with Gasteiger partial charge in [0.1, 0.15) is 5.01 Å². The van der Waals surface area contributed by atoms with Crippen molar-refractivity contribution in [2.75, 3.05) is 25.2 Å². The van der Waals surface area contributed by atoms with Crippen molar-refractivity contribution in [3.8, 4) is 10.6 Å². The van der Waals surface area contributed by atoms with Crippen molar-refractivity contribution in [1.29, 1.82) is 0 Å². The number of carbonyl (C=O) groups excluding carboxylic acids is 1. The molecule has 2 aromatic carbocycles. The molecule has 148 valence electrons. The minimum absolute atomic E-state index is 0.0261. The fourth-order valence-corrected chi connectivity index (χ4v) is 4.79. The summed E-state index contributed by atoms with van der Waals surface area (Å²) < 4.78 is 6.27. The molecule has 0 N–H and O–H groups in total. The number of thiazole rings is 2. The summed E-state index contributed by atoms with van der Waals surface area (Å²) in [7, 11) is 1.63. The van der Waals surface area contributed by atoms with Crippen molar-refractivity contribution in [2.45, 2.75) is 13.3 Å². The van der Waals surface area contributed by atoms with Crippen LogP contribution in [-0.4, -0.2) is 36.1 Å². The highest BCUT2D eigenvalue weighted by Gasteiger charge is 2.21. The molecule has 0 fully saturated rings. The Kier molecular flexibility index (Phi) is 5.99. The first-order valence-corrected chi connectivity index (χ1v) is 11.0. The minimum Gasteiger partial charge on any atom is -0.383 e. The van der Waals surface area contributed by atoms with Crippen molar-refractivity contribution in [3.63, 3.8) is 0 Å². The molecule has 0 atom stereocenters. The van der Waals surface area contributed by atoms with Gasteiger partial charge in [0.15, 0.2) is 5.13 Å². The van der Waals surface area contributed by atoms with Crippen LogP contribution in [0, 0.1) is 6.92 Å². The molecule has 29 heavy (non-hydrogen) atoms. The van der Waals surface area contributed by atoms with E-state index in [9.17, 15) is 4.79 Å². The lowest BCUT2D eigenvalue weighted by molar-refractivity contribution is -0.118. The second-order valence-electron chi connectivity index (χ2n) is 6.69. The zero-order chi connectivity index (χ0) is 20.2. The first-order chi connectivity index (χ1) is 14.1. The minimum atomic E-state index is -0.0261. The molecular formula is C22H21N3O2S2. The standard InChI is InChI=1S/C22H21N3O2S2/c1-15-7-9-16(10-8-15)21-23-17(14-28-21)13-20(26)25(11-12-27-2)22-24-18-5-3-4-6-19(18)29-22/h3-10,14H,11-13H2,1-2H3. The van der Waals surface area contributed by atoms with Gasteiger partial charge in [-0.25, -0.2) is 9.97 Å². The highest BCUT2D eigenvalue weighted by atomic mass is 32.1. The lowest BCUT2D eigenvalue weighted by Gasteiger charge is -2.19. The van der Waals surface area contributed by atoms with Crippen LogP contribution in [0.5, 0.6) is 0 Å². The summed E-state index contributed by atoms with van der Waals surface area (Å²) in [5, 5.41) is 3.58. The first kappa shape index (κ1) is 19.7. The average Bonchev–Trinajstić information content (AvgIpc) is 3.36. The van der Waals surface area contributed by atoms with E-state index in [1.54, 1.807) is 23.3 Å². The molecule has 0 saturated heterocycles. The molecule has 4 aromatic rings. The number of nitrogens with zero attached hydrogens (tertiary/aromatic N) is 3. The maximum absolute atomic E-state index is 13.1. The Morgan fingerprint density at radius 1 is 1.10 bits per heavy atom. The van der Waals surface area contributed by atoms with E-state index in [2.05, 4.69) is 41.2 Å². The number of para-hydroxylation sites is 1. The van der Waals surface area contributed by atoms with E-state index in [1.807, 2.05) is 29.6 Å². The molecule has 0 radical (unpaired) electrons. The van der Waals surface area contributed by atoms with Gasteiger partial charge in [-0.05, 0) is 19.1 Å². The number of aromatic nitrogens is 2. The highest BCUT2D eigenvalue weighted by Crippen LogP contribution is 2.29. The predicted molar refractivity (Wildman–Crippen MR) is 120 cm³/mol. The van der Waals surface area contributed by atoms with Gasteiger partial charge in [0, 0.05) is 18.1 Å². The van der Waals surface area contributed by atoms with Crippen molar-refractivity contribution in [2.24, 2.45) is 0 Å². The van der Waals surface area contributed by atoms with E-state index in [0.29, 0.717) is 18.3 Å². The van der Waals surface area contributed by atoms with E-state index in [4.69, 9.17) is 4.74 Å². The number of anilines is 1. The number of ether oxygens (including phenoxy) is 1. The SMILES string of the molecule is COCCN(C(=O)Cc1csc(-c2ccc(C)cc2)n1)c1nc2ccccc2s1. The van der Waals surface area contributed by atoms with Crippen molar-refractivity contribution in [1.82, 2.24) is 9.97 Å². The number of hydrogen-bond donors (Lipinski definition) is 0. The molecule has 7 heteroatoms. The molecule has 0 spiro atoms. The fourth-order valence-electron chi connectivity index (χ4n) is 2.95. The second-order valence-corrected chi connectivity index (χ2v) is 8.56. The quantitative estimate of drug-likeness (QED) is 0.422. The van der Waals surface area contributed by atoms with Crippen LogP contribution in [0.3, 0.4) is 0 Å². The average molecular weight is 424 g/mol. The normalized spacial score (nSPS) is 11.1. The topological polar surface area (TPSA) is 55.3 Å². The van der Waals surface area contributed by atoms with Crippen LogP contribution in [0.2, 0.25) is 0 Å². The molecule has 0 aliphatic heterocycles. The number of fused-ring (bicyclic) bond motifs is 1. The van der Waals surface area contributed by atoms with Gasteiger partial charge in [0.2, 0.25) is 5.91 Å². The third-order valence-corrected chi connectivity index (χ3v) is 6.52. The van der Waals surface area contributed by atoms with Crippen LogP contribution >= 0.6 is 22.7 Å². The molecule has 4 rings (SSSR count). The van der Waals surface area contributed by atoms with Crippen molar-refractivity contribution in [3.05, 3.63) is 65.2 Å². The van der Waals surface area contributed by atoms with E-state index in [0.717, 1.165) is 26.5 Å². The number of rotatable bonds is 7. The molecule has 5 nitrogen and oxygen atoms in total. The number of hydrogen-bond acceptors (Lipinski definition) is 6. The molecule has 2 heterocycles. The Morgan fingerprint density at radius 2 is 1.90 bits per heavy atom. The summed E-state index contributed by atoms with van der Waals surface area (Å²) in [6.45, 7) is 2.98. The Balaban J connectivity index is 1.54. The van der Waals surface area contributed by atoms with E-state index in [-0.39, 0.29) is 12.3 Å². The highest BCUT2D eigenvalue weighted by molar-refractivity contribution is 7.22. The lowest BCUT2D eigenvalue weighted by Crippen LogP contribution is -2.35. The number of benzene rings is 2. The van der Waals surface area contributed by atoms with Crippen molar-refractivity contribution >= 4 is 43.9 Å². The number of methoxy groups -OCH3 is 1. The first-order valence-electron chi connectivity index (χ1n) is 9.30. The molecule has 0 aliphatic rings. The van der Waals surface area contributed by atoms with Gasteiger partial charge in [-0.2, -0.15) is 0 Å². The van der Waals surface area contributed by atoms with Gasteiger partial charge in [-0.1, -0.05) is 53.3 Å². The third-order valence-electron chi connectivity index (χ3n) is 4.52. The molecule has 0 unspecified atom stereocenters. The largest absolute Gasteiger partial charge is 0.383 e. The summed E-state index contributed by atoms with van der Waals surface area (Å²) in [5.74, 6) is -0.0261. The molecule has 0 saturated carbocycles. The Labute approximate surface area is 177 Å². The van der Waals surface area contributed by atoms with Crippen LogP contribution in [0.1, 0.15) is 11.3 Å². The maximum Gasteiger partial charge on any atom is 0.234 e. The maximum atomic E-state index is 13.1. The van der Waals surface area contributed by atoms with Gasteiger partial charge in [0.05, 0.1) is 35.5 Å². The van der Waals surface area contributed by atoms with Gasteiger partial charge in [0.25, 0.3) is 0 Å². The lowest BCUT2D eigenvalue weighted by atomic mass is 10.2. The zero-order valence-electron chi connectivity index (χ0n) is 16.3. The van der Waals surface area contributed by atoms with E-state index >= 15 is 0 Å². The summed E-state index contributed by atoms with van der Waals surface area (Å²) in [6, 6.07) is 16.2. The second kappa shape index (κ2) is 8.82. The molecule has 0 bridgehead atoms. The molecule has 2 aromatic heterocycles. The van der Waals surface area contributed by atoms with Gasteiger partial charge < -0.3 is 4.74 Å². The predicted octanol–water partition coefficient (Wildman–Crippen LogP) is 4.95. The summed E-state index contributed by atoms with van der Waals surface area (Å²) in [6.07, 6.45) is 0.238. The Bertz CT molecular complexity index is 1090. The Hall–Kier alpha value is -2.61. The van der Waals surface area contributed by atoms with Crippen LogP contribution < -0.4 is 4.90 Å². The van der Waals surface area contributed by atoms with Crippen LogP contribution in [0.4, 0.5) is 5.13 Å². The van der Waals surface area contributed by atoms with E-state index in [1.165, 1.54) is 16.9 Å². The number of carbonyl (C=O) groups is 1. The van der Waals surface area contributed by atoms with Gasteiger partial charge >= 0.3 is 0 Å². The fraction of sp³-hybridized carbons (Fsp3) is 0.227. The van der Waals surface area contributed by atoms with Crippen LogP contribution in [-0.2, 0) is 16.0 Å². The van der Waals surface area contributed by atoms with Gasteiger partial charge in [-0.15, -0.1) is 11.3 Å². The zero-order valence-corrected chi connectivity index (χ0v) is 17.9. The van der Waals surface area contributed by atoms with Crippen molar-refractivity contribution < 1.29 is 9.53 Å². The smallest absolute Gasteiger partial charge is 0.234 e. The summed E-state index contributed by atoms with van der Waals surface area (Å²) in [4.78, 5) is 24.1. The number of aryl methyl sites for hydroxylation is 1. The third kappa shape index (κ3) is 4.53. The molecule has 1 amide bonds. The van der Waals surface area contributed by atoms with Crippen LogP contribution in [0.15, 0.2) is 53.9 Å². The number of amides is 1. The summed E-state index contributed by atoms with van der Waals surface area (Å²) >= 11 is 3.08. The monoisotopic (exact) mass is 423 g/mol. The summed E-state index contributed by atoms with van der Waals surface area (Å²) in [5.41, 5.74) is 3.96.